The number of nitrogens with two attached hydrogens (primary N) is 1. The first-order valence-electron chi connectivity index (χ1n) is 5.42. The van der Waals surface area contributed by atoms with Crippen LogP contribution in [0.25, 0.3) is 11.1 Å². The van der Waals surface area contributed by atoms with Gasteiger partial charge in [0.2, 0.25) is 0 Å². The van der Waals surface area contributed by atoms with E-state index in [4.69, 9.17) is 10.8 Å². The van der Waals surface area contributed by atoms with Crippen LogP contribution >= 0.6 is 0 Å². The van der Waals surface area contributed by atoms with Gasteiger partial charge in [0.05, 0.1) is 6.42 Å². The molecule has 3 nitrogen and oxygen atoms in total. The van der Waals surface area contributed by atoms with Crippen molar-refractivity contribution in [2.24, 2.45) is 0 Å². The van der Waals surface area contributed by atoms with Crippen molar-refractivity contribution in [2.75, 3.05) is 5.73 Å². The summed E-state index contributed by atoms with van der Waals surface area (Å²) in [5.41, 5.74) is 8.53. The van der Waals surface area contributed by atoms with Crippen LogP contribution in [-0.4, -0.2) is 11.1 Å². The largest absolute Gasteiger partial charge is 0.481 e. The number of hydrogen-bond acceptors (Lipinski definition) is 2. The van der Waals surface area contributed by atoms with Gasteiger partial charge < -0.3 is 10.8 Å². The Balaban J connectivity index is 2.42. The average Bonchev–Trinajstić information content (AvgIpc) is 2.32. The summed E-state index contributed by atoms with van der Waals surface area (Å²) >= 11 is 0. The molecule has 0 bridgehead atoms. The summed E-state index contributed by atoms with van der Waals surface area (Å²) in [6.07, 6.45) is -0.0610. The van der Waals surface area contributed by atoms with Gasteiger partial charge in [-0.3, -0.25) is 4.79 Å². The lowest BCUT2D eigenvalue weighted by Gasteiger charge is -2.08. The fourth-order valence-corrected chi connectivity index (χ4v) is 1.77. The molecule has 0 spiro atoms. The van der Waals surface area contributed by atoms with E-state index in [0.29, 0.717) is 16.8 Å². The minimum atomic E-state index is -0.898. The van der Waals surface area contributed by atoms with Gasteiger partial charge in [-0.2, -0.15) is 0 Å². The zero-order valence-corrected chi connectivity index (χ0v) is 9.56. The second kappa shape index (κ2) is 4.87. The lowest BCUT2D eigenvalue weighted by molar-refractivity contribution is -0.136. The Morgan fingerprint density at radius 3 is 2.44 bits per heavy atom. The first-order chi connectivity index (χ1) is 8.56. The van der Waals surface area contributed by atoms with Crippen molar-refractivity contribution in [3.63, 3.8) is 0 Å². The second-order valence-corrected chi connectivity index (χ2v) is 4.00. The Morgan fingerprint density at radius 1 is 1.17 bits per heavy atom. The third-order valence-electron chi connectivity index (χ3n) is 2.63. The molecule has 0 aliphatic heterocycles. The number of hydrogen-bond donors (Lipinski definition) is 2. The van der Waals surface area contributed by atoms with Crippen molar-refractivity contribution in [3.05, 3.63) is 53.8 Å². The van der Waals surface area contributed by atoms with Gasteiger partial charge in [-0.1, -0.05) is 18.2 Å². The van der Waals surface area contributed by atoms with E-state index in [2.05, 4.69) is 0 Å². The molecule has 4 heteroatoms. The smallest absolute Gasteiger partial charge is 0.307 e. The molecule has 2 rings (SSSR count). The fraction of sp³-hybridized carbons (Fsp3) is 0.0714. The van der Waals surface area contributed by atoms with E-state index in [1.807, 2.05) is 0 Å². The Hall–Kier alpha value is -2.36. The summed E-state index contributed by atoms with van der Waals surface area (Å²) in [7, 11) is 0. The van der Waals surface area contributed by atoms with Crippen molar-refractivity contribution in [3.8, 4) is 11.1 Å². The van der Waals surface area contributed by atoms with Crippen LogP contribution < -0.4 is 5.73 Å². The molecule has 3 N–H and O–H groups in total. The number of carboxylic acids is 1. The van der Waals surface area contributed by atoms with Crippen LogP contribution in [0.5, 0.6) is 0 Å². The molecule has 0 fully saturated rings. The van der Waals surface area contributed by atoms with Crippen LogP contribution in [0.2, 0.25) is 0 Å². The quantitative estimate of drug-likeness (QED) is 0.817. The summed E-state index contributed by atoms with van der Waals surface area (Å²) in [6, 6.07) is 11.0. The molecule has 0 aliphatic carbocycles. The van der Waals surface area contributed by atoms with E-state index >= 15 is 0 Å². The first kappa shape index (κ1) is 12.1. The maximum absolute atomic E-state index is 12.8. The number of nitrogen functional groups attached to an aromatic ring is 1. The summed E-state index contributed by atoms with van der Waals surface area (Å²) < 4.78 is 12.8. The summed E-state index contributed by atoms with van der Waals surface area (Å²) in [6.45, 7) is 0. The summed E-state index contributed by atoms with van der Waals surface area (Å²) in [4.78, 5) is 10.7. The molecule has 0 amide bonds. The van der Waals surface area contributed by atoms with Crippen LogP contribution in [0.4, 0.5) is 10.1 Å². The molecular formula is C14H12FNO2. The summed E-state index contributed by atoms with van der Waals surface area (Å²) in [5.74, 6) is -1.22. The van der Waals surface area contributed by atoms with Crippen LogP contribution in [-0.2, 0) is 11.2 Å². The van der Waals surface area contributed by atoms with Crippen molar-refractivity contribution >= 4 is 11.7 Å². The van der Waals surface area contributed by atoms with Crippen LogP contribution in [0, 0.1) is 5.82 Å². The number of benzene rings is 2. The molecule has 0 heterocycles. The molecule has 0 aromatic heterocycles. The molecule has 0 radical (unpaired) electrons. The average molecular weight is 245 g/mol. The fourth-order valence-electron chi connectivity index (χ4n) is 1.77. The maximum Gasteiger partial charge on any atom is 0.307 e. The topological polar surface area (TPSA) is 63.3 Å². The molecule has 0 atom stereocenters. The van der Waals surface area contributed by atoms with E-state index in [-0.39, 0.29) is 12.2 Å². The van der Waals surface area contributed by atoms with Gasteiger partial charge in [0.25, 0.3) is 0 Å². The standard InChI is InChI=1S/C14H12FNO2/c15-11-4-2-10(3-5-11)12-7-9(8-14(17)18)1-6-13(12)16/h1-7H,8,16H2,(H,17,18). The van der Waals surface area contributed by atoms with Gasteiger partial charge in [-0.25, -0.2) is 4.39 Å². The van der Waals surface area contributed by atoms with Crippen molar-refractivity contribution in [1.29, 1.82) is 0 Å². The highest BCUT2D eigenvalue weighted by molar-refractivity contribution is 5.78. The van der Waals surface area contributed by atoms with E-state index in [1.54, 1.807) is 30.3 Å². The van der Waals surface area contributed by atoms with Crippen LogP contribution in [0.1, 0.15) is 5.56 Å². The third-order valence-corrected chi connectivity index (χ3v) is 2.63. The molecule has 0 saturated carbocycles. The predicted molar refractivity (Wildman–Crippen MR) is 67.6 cm³/mol. The van der Waals surface area contributed by atoms with E-state index < -0.39 is 5.97 Å². The number of halogens is 1. The van der Waals surface area contributed by atoms with Gasteiger partial charge in [-0.05, 0) is 35.4 Å². The highest BCUT2D eigenvalue weighted by Gasteiger charge is 2.06. The van der Waals surface area contributed by atoms with E-state index in [0.717, 1.165) is 5.56 Å². The minimum absolute atomic E-state index is 0.0610. The minimum Gasteiger partial charge on any atom is -0.481 e. The van der Waals surface area contributed by atoms with Gasteiger partial charge in [0, 0.05) is 11.3 Å². The zero-order valence-electron chi connectivity index (χ0n) is 9.56. The molecule has 92 valence electrons. The molecule has 0 aliphatic rings. The first-order valence-corrected chi connectivity index (χ1v) is 5.42. The van der Waals surface area contributed by atoms with Crippen molar-refractivity contribution in [1.82, 2.24) is 0 Å². The zero-order chi connectivity index (χ0) is 13.1. The van der Waals surface area contributed by atoms with Crippen LogP contribution in [0.15, 0.2) is 42.5 Å². The third kappa shape index (κ3) is 2.66. The highest BCUT2D eigenvalue weighted by Crippen LogP contribution is 2.27. The number of carboxylic acid groups (broad SMARTS) is 1. The normalized spacial score (nSPS) is 10.3. The SMILES string of the molecule is Nc1ccc(CC(=O)O)cc1-c1ccc(F)cc1. The molecule has 18 heavy (non-hydrogen) atoms. The lowest BCUT2D eigenvalue weighted by Crippen LogP contribution is -2.01. The number of rotatable bonds is 3. The van der Waals surface area contributed by atoms with E-state index in [9.17, 15) is 9.18 Å². The summed E-state index contributed by atoms with van der Waals surface area (Å²) in [5, 5.41) is 8.75. The Bertz CT molecular complexity index is 579. The molecule has 0 saturated heterocycles. The van der Waals surface area contributed by atoms with Crippen molar-refractivity contribution < 1.29 is 14.3 Å². The Kier molecular flexibility index (Phi) is 3.28. The molecule has 2 aromatic carbocycles. The lowest BCUT2D eigenvalue weighted by atomic mass is 10.00. The maximum atomic E-state index is 12.8. The molecule has 2 aromatic rings. The molecular weight excluding hydrogens is 233 g/mol. The van der Waals surface area contributed by atoms with Crippen molar-refractivity contribution in [2.45, 2.75) is 6.42 Å². The predicted octanol–water partition coefficient (Wildman–Crippen LogP) is 2.70. The van der Waals surface area contributed by atoms with E-state index in [1.165, 1.54) is 12.1 Å². The number of carbonyl (C=O) groups is 1. The second-order valence-electron chi connectivity index (χ2n) is 4.00. The number of anilines is 1. The van der Waals surface area contributed by atoms with Crippen LogP contribution in [0.3, 0.4) is 0 Å². The Labute approximate surface area is 104 Å². The van der Waals surface area contributed by atoms with Gasteiger partial charge in [-0.15, -0.1) is 0 Å². The highest BCUT2D eigenvalue weighted by atomic mass is 19.1. The van der Waals surface area contributed by atoms with Gasteiger partial charge >= 0.3 is 5.97 Å². The van der Waals surface area contributed by atoms with Gasteiger partial charge in [0.15, 0.2) is 0 Å². The number of aliphatic carboxylic acids is 1. The monoisotopic (exact) mass is 245 g/mol. The Morgan fingerprint density at radius 2 is 1.83 bits per heavy atom. The van der Waals surface area contributed by atoms with Gasteiger partial charge in [0.1, 0.15) is 5.82 Å². The molecule has 0 unspecified atom stereocenters.